The molecule has 0 bridgehead atoms. The van der Waals surface area contributed by atoms with Gasteiger partial charge in [-0.25, -0.2) is 4.79 Å². The van der Waals surface area contributed by atoms with Crippen LogP contribution in [0.2, 0.25) is 0 Å². The summed E-state index contributed by atoms with van der Waals surface area (Å²) in [7, 11) is 0. The Morgan fingerprint density at radius 1 is 1.62 bits per heavy atom. The van der Waals surface area contributed by atoms with E-state index < -0.39 is 5.60 Å². The summed E-state index contributed by atoms with van der Waals surface area (Å²) in [6.45, 7) is 11.9. The Balaban J connectivity index is 2.30. The maximum Gasteiger partial charge on any atom is 0.334 e. The van der Waals surface area contributed by atoms with E-state index in [0.29, 0.717) is 17.9 Å². The molecule has 0 aromatic rings. The smallest absolute Gasteiger partial charge is 0.334 e. The number of hydrogen-bond acceptors (Lipinski definition) is 2. The van der Waals surface area contributed by atoms with Crippen molar-refractivity contribution < 1.29 is 9.53 Å². The fraction of sp³-hybridized carbons (Fsp3) is 0.500. The summed E-state index contributed by atoms with van der Waals surface area (Å²) in [5.74, 6) is 0.178. The number of ether oxygens (including phenoxy) is 1. The van der Waals surface area contributed by atoms with Crippen LogP contribution < -0.4 is 0 Å². The van der Waals surface area contributed by atoms with Crippen LogP contribution in [0, 0.1) is 5.92 Å². The maximum absolute atomic E-state index is 11.5. The average Bonchev–Trinajstić information content (AvgIpc) is 2.48. The van der Waals surface area contributed by atoms with Crippen molar-refractivity contribution in [2.45, 2.75) is 38.7 Å². The highest BCUT2D eigenvalue weighted by molar-refractivity contribution is 5.91. The van der Waals surface area contributed by atoms with Gasteiger partial charge in [-0.05, 0) is 38.2 Å². The molecule has 16 heavy (non-hydrogen) atoms. The molecule has 2 unspecified atom stereocenters. The second-order valence-corrected chi connectivity index (χ2v) is 5.03. The van der Waals surface area contributed by atoms with Gasteiger partial charge in [-0.3, -0.25) is 0 Å². The lowest BCUT2D eigenvalue weighted by atomic mass is 9.74. The summed E-state index contributed by atoms with van der Waals surface area (Å²) < 4.78 is 5.55. The third kappa shape index (κ3) is 1.62. The zero-order valence-corrected chi connectivity index (χ0v) is 10.0. The van der Waals surface area contributed by atoms with Crippen LogP contribution in [0.25, 0.3) is 0 Å². The number of carbonyl (C=O) groups is 1. The quantitative estimate of drug-likeness (QED) is 0.384. The summed E-state index contributed by atoms with van der Waals surface area (Å²) in [6.07, 6.45) is 4.68. The molecule has 0 saturated carbocycles. The van der Waals surface area contributed by atoms with Crippen LogP contribution in [0.15, 0.2) is 36.0 Å². The van der Waals surface area contributed by atoms with E-state index >= 15 is 0 Å². The summed E-state index contributed by atoms with van der Waals surface area (Å²) >= 11 is 0. The predicted octanol–water partition coefficient (Wildman–Crippen LogP) is 3.16. The SMILES string of the molecule is C=C1CC2(CC(C(=C)C)CC=C2C)OC1=O. The van der Waals surface area contributed by atoms with Crippen LogP contribution in [-0.4, -0.2) is 11.6 Å². The van der Waals surface area contributed by atoms with Gasteiger partial charge in [0.05, 0.1) is 0 Å². The number of allylic oxidation sites excluding steroid dienone is 2. The Morgan fingerprint density at radius 2 is 2.31 bits per heavy atom. The van der Waals surface area contributed by atoms with E-state index in [1.165, 1.54) is 0 Å². The first kappa shape index (κ1) is 11.2. The lowest BCUT2D eigenvalue weighted by molar-refractivity contribution is -0.145. The zero-order chi connectivity index (χ0) is 11.9. The Kier molecular flexibility index (Phi) is 2.53. The molecule has 2 nitrogen and oxygen atoms in total. The van der Waals surface area contributed by atoms with E-state index in [0.717, 1.165) is 24.0 Å². The second kappa shape index (κ2) is 3.62. The molecule has 0 aromatic heterocycles. The molecular formula is C14H18O2. The monoisotopic (exact) mass is 218 g/mol. The normalized spacial score (nSPS) is 33.9. The van der Waals surface area contributed by atoms with E-state index in [-0.39, 0.29) is 5.97 Å². The zero-order valence-electron chi connectivity index (χ0n) is 10.0. The molecule has 2 atom stereocenters. The number of rotatable bonds is 1. The fourth-order valence-electron chi connectivity index (χ4n) is 2.56. The van der Waals surface area contributed by atoms with Crippen LogP contribution in [0.5, 0.6) is 0 Å². The molecule has 1 spiro atoms. The first-order valence-corrected chi connectivity index (χ1v) is 5.68. The van der Waals surface area contributed by atoms with E-state index in [4.69, 9.17) is 4.74 Å². The van der Waals surface area contributed by atoms with Gasteiger partial charge in [-0.1, -0.05) is 24.8 Å². The highest BCUT2D eigenvalue weighted by Crippen LogP contribution is 2.45. The Hall–Kier alpha value is -1.31. The van der Waals surface area contributed by atoms with Gasteiger partial charge in [0.1, 0.15) is 5.60 Å². The molecule has 86 valence electrons. The molecule has 0 aromatic carbocycles. The fourth-order valence-corrected chi connectivity index (χ4v) is 2.56. The molecule has 2 heteroatoms. The van der Waals surface area contributed by atoms with Gasteiger partial charge >= 0.3 is 5.97 Å². The predicted molar refractivity (Wildman–Crippen MR) is 63.9 cm³/mol. The summed E-state index contributed by atoms with van der Waals surface area (Å²) in [6, 6.07) is 0. The molecule has 1 fully saturated rings. The van der Waals surface area contributed by atoms with Crippen molar-refractivity contribution in [3.8, 4) is 0 Å². The van der Waals surface area contributed by atoms with Crippen LogP contribution in [0.1, 0.15) is 33.1 Å². The molecule has 0 radical (unpaired) electrons. The molecular weight excluding hydrogens is 200 g/mol. The Bertz CT molecular complexity index is 385. The maximum atomic E-state index is 11.5. The standard InChI is InChI=1S/C14H18O2/c1-9(2)12-6-5-11(4)14(8-12)7-10(3)13(15)16-14/h5,12H,1,3,6-8H2,2,4H3. The topological polar surface area (TPSA) is 26.3 Å². The number of carbonyl (C=O) groups excluding carboxylic acids is 1. The summed E-state index contributed by atoms with van der Waals surface area (Å²) in [5, 5.41) is 0. The minimum absolute atomic E-state index is 0.241. The van der Waals surface area contributed by atoms with Crippen LogP contribution in [-0.2, 0) is 9.53 Å². The largest absolute Gasteiger partial charge is 0.451 e. The molecule has 1 aliphatic heterocycles. The lowest BCUT2D eigenvalue weighted by Gasteiger charge is -2.36. The summed E-state index contributed by atoms with van der Waals surface area (Å²) in [5.41, 5.74) is 2.50. The first-order chi connectivity index (χ1) is 7.44. The van der Waals surface area contributed by atoms with Gasteiger partial charge in [0.2, 0.25) is 0 Å². The van der Waals surface area contributed by atoms with E-state index in [1.807, 2.05) is 13.8 Å². The van der Waals surface area contributed by atoms with Crippen LogP contribution in [0.3, 0.4) is 0 Å². The van der Waals surface area contributed by atoms with Crippen LogP contribution >= 0.6 is 0 Å². The van der Waals surface area contributed by atoms with Crippen molar-refractivity contribution in [3.63, 3.8) is 0 Å². The molecule has 1 heterocycles. The van der Waals surface area contributed by atoms with E-state index in [2.05, 4.69) is 19.2 Å². The van der Waals surface area contributed by atoms with Crippen molar-refractivity contribution in [2.75, 3.05) is 0 Å². The van der Waals surface area contributed by atoms with Crippen molar-refractivity contribution in [1.82, 2.24) is 0 Å². The number of hydrogen-bond donors (Lipinski definition) is 0. The Labute approximate surface area is 96.7 Å². The van der Waals surface area contributed by atoms with Gasteiger partial charge < -0.3 is 4.74 Å². The van der Waals surface area contributed by atoms with Gasteiger partial charge in [0, 0.05) is 12.0 Å². The van der Waals surface area contributed by atoms with Crippen molar-refractivity contribution >= 4 is 5.97 Å². The molecule has 1 aliphatic carbocycles. The number of esters is 1. The minimum Gasteiger partial charge on any atom is -0.451 e. The van der Waals surface area contributed by atoms with E-state index in [9.17, 15) is 4.79 Å². The van der Waals surface area contributed by atoms with Crippen LogP contribution in [0.4, 0.5) is 0 Å². The van der Waals surface area contributed by atoms with Crippen molar-refractivity contribution in [1.29, 1.82) is 0 Å². The van der Waals surface area contributed by atoms with Gasteiger partial charge in [-0.2, -0.15) is 0 Å². The van der Waals surface area contributed by atoms with E-state index in [1.54, 1.807) is 0 Å². The highest BCUT2D eigenvalue weighted by Gasteiger charge is 2.47. The highest BCUT2D eigenvalue weighted by atomic mass is 16.6. The molecule has 1 saturated heterocycles. The minimum atomic E-state index is -0.421. The first-order valence-electron chi connectivity index (χ1n) is 5.68. The molecule has 0 N–H and O–H groups in total. The second-order valence-electron chi connectivity index (χ2n) is 5.03. The van der Waals surface area contributed by atoms with Crippen molar-refractivity contribution in [2.24, 2.45) is 5.92 Å². The van der Waals surface area contributed by atoms with Gasteiger partial charge in [0.25, 0.3) is 0 Å². The molecule has 2 aliphatic rings. The van der Waals surface area contributed by atoms with Gasteiger partial charge in [-0.15, -0.1) is 0 Å². The van der Waals surface area contributed by atoms with Crippen molar-refractivity contribution in [3.05, 3.63) is 36.0 Å². The average molecular weight is 218 g/mol. The summed E-state index contributed by atoms with van der Waals surface area (Å²) in [4.78, 5) is 11.5. The lowest BCUT2D eigenvalue weighted by Crippen LogP contribution is -2.35. The third-order valence-corrected chi connectivity index (χ3v) is 3.78. The molecule has 2 rings (SSSR count). The molecule has 0 amide bonds. The Morgan fingerprint density at radius 3 is 2.81 bits per heavy atom. The van der Waals surface area contributed by atoms with Gasteiger partial charge in [0.15, 0.2) is 0 Å². The third-order valence-electron chi connectivity index (χ3n) is 3.78.